The molecule has 1 aromatic rings. The third-order valence-corrected chi connectivity index (χ3v) is 4.30. The minimum absolute atomic E-state index is 0.103. The second-order valence-corrected chi connectivity index (χ2v) is 5.63. The van der Waals surface area contributed by atoms with E-state index >= 15 is 0 Å². The number of hydrogen-bond acceptors (Lipinski definition) is 4. The Morgan fingerprint density at radius 3 is 2.84 bits per heavy atom. The molecule has 0 atom stereocenters. The van der Waals surface area contributed by atoms with Crippen LogP contribution in [0.2, 0.25) is 0 Å². The van der Waals surface area contributed by atoms with Gasteiger partial charge in [0.05, 0.1) is 12.2 Å². The van der Waals surface area contributed by atoms with Crippen molar-refractivity contribution >= 4 is 17.6 Å². The van der Waals surface area contributed by atoms with Crippen LogP contribution in [0.4, 0.5) is 0 Å². The van der Waals surface area contributed by atoms with Crippen LogP contribution in [-0.4, -0.2) is 23.9 Å². The summed E-state index contributed by atoms with van der Waals surface area (Å²) in [4.78, 5) is 0.958. The second-order valence-electron chi connectivity index (χ2n) is 4.78. The summed E-state index contributed by atoms with van der Waals surface area (Å²) in [6.07, 6.45) is 7.03. The number of amidine groups is 1. The molecule has 0 radical (unpaired) electrons. The molecule has 1 fully saturated rings. The van der Waals surface area contributed by atoms with Gasteiger partial charge in [0.15, 0.2) is 5.84 Å². The standard InChI is InChI=1S/C14H20N2O2S/c1-19-12-8-4-7-11(13(12)14(15)16-17)18-9-10-5-2-3-6-10/h4,7-8,10,17H,2-3,5-6,9H2,1H3,(H2,15,16). The van der Waals surface area contributed by atoms with Crippen LogP contribution in [0.25, 0.3) is 0 Å². The van der Waals surface area contributed by atoms with Gasteiger partial charge in [-0.25, -0.2) is 0 Å². The van der Waals surface area contributed by atoms with Crippen LogP contribution < -0.4 is 10.5 Å². The maximum Gasteiger partial charge on any atom is 0.174 e. The van der Waals surface area contributed by atoms with Crippen molar-refractivity contribution in [2.24, 2.45) is 16.8 Å². The SMILES string of the molecule is CSc1cccc(OCC2CCCC2)c1/C(N)=N/O. The van der Waals surface area contributed by atoms with E-state index in [9.17, 15) is 0 Å². The lowest BCUT2D eigenvalue weighted by molar-refractivity contribution is 0.251. The first-order valence-corrected chi connectivity index (χ1v) is 7.76. The molecule has 3 N–H and O–H groups in total. The number of nitrogens with zero attached hydrogens (tertiary/aromatic N) is 1. The highest BCUT2D eigenvalue weighted by atomic mass is 32.2. The van der Waals surface area contributed by atoms with Gasteiger partial charge in [0.25, 0.3) is 0 Å². The Hall–Kier alpha value is -1.36. The molecule has 4 nitrogen and oxygen atoms in total. The number of thioether (sulfide) groups is 1. The van der Waals surface area contributed by atoms with Crippen molar-refractivity contribution in [3.8, 4) is 5.75 Å². The van der Waals surface area contributed by atoms with E-state index in [0.717, 1.165) is 4.90 Å². The second kappa shape index (κ2) is 6.70. The molecular weight excluding hydrogens is 260 g/mol. The number of nitrogens with two attached hydrogens (primary N) is 1. The predicted molar refractivity (Wildman–Crippen MR) is 78.2 cm³/mol. The first-order chi connectivity index (χ1) is 9.26. The molecular formula is C14H20N2O2S. The molecule has 5 heteroatoms. The van der Waals surface area contributed by atoms with Crippen molar-refractivity contribution in [1.29, 1.82) is 0 Å². The summed E-state index contributed by atoms with van der Waals surface area (Å²) in [5.74, 6) is 1.44. The maximum atomic E-state index is 8.91. The van der Waals surface area contributed by atoms with Gasteiger partial charge in [-0.15, -0.1) is 11.8 Å². The fourth-order valence-corrected chi connectivity index (χ4v) is 3.11. The molecule has 1 saturated carbocycles. The average Bonchev–Trinajstić information content (AvgIpc) is 2.97. The molecule has 1 aliphatic rings. The number of oxime groups is 1. The smallest absolute Gasteiger partial charge is 0.174 e. The minimum Gasteiger partial charge on any atom is -0.492 e. The Kier molecular flexibility index (Phi) is 4.96. The van der Waals surface area contributed by atoms with E-state index in [0.29, 0.717) is 23.8 Å². The number of rotatable bonds is 5. The van der Waals surface area contributed by atoms with Crippen LogP contribution in [0.1, 0.15) is 31.2 Å². The lowest BCUT2D eigenvalue weighted by Gasteiger charge is -2.16. The van der Waals surface area contributed by atoms with Crippen LogP contribution >= 0.6 is 11.8 Å². The Bertz CT molecular complexity index is 457. The van der Waals surface area contributed by atoms with Crippen molar-refractivity contribution < 1.29 is 9.94 Å². The van der Waals surface area contributed by atoms with E-state index in [1.165, 1.54) is 25.7 Å². The molecule has 1 aliphatic carbocycles. The topological polar surface area (TPSA) is 67.8 Å². The summed E-state index contributed by atoms with van der Waals surface area (Å²) in [5, 5.41) is 12.0. The van der Waals surface area contributed by atoms with Gasteiger partial charge in [-0.2, -0.15) is 0 Å². The van der Waals surface area contributed by atoms with Crippen molar-refractivity contribution in [3.63, 3.8) is 0 Å². The fourth-order valence-electron chi connectivity index (χ4n) is 2.49. The molecule has 0 spiro atoms. The van der Waals surface area contributed by atoms with Gasteiger partial charge in [0.2, 0.25) is 0 Å². The Morgan fingerprint density at radius 1 is 1.47 bits per heavy atom. The Labute approximate surface area is 118 Å². The Morgan fingerprint density at radius 2 is 2.21 bits per heavy atom. The summed E-state index contributed by atoms with van der Waals surface area (Å²) in [5.41, 5.74) is 6.45. The number of hydrogen-bond donors (Lipinski definition) is 2. The summed E-state index contributed by atoms with van der Waals surface area (Å²) in [6.45, 7) is 0.712. The van der Waals surface area contributed by atoms with Crippen molar-refractivity contribution in [1.82, 2.24) is 0 Å². The first kappa shape index (κ1) is 14.1. The van der Waals surface area contributed by atoms with Crippen molar-refractivity contribution in [2.75, 3.05) is 12.9 Å². The lowest BCUT2D eigenvalue weighted by Crippen LogP contribution is -2.17. The third kappa shape index (κ3) is 3.35. The van der Waals surface area contributed by atoms with Gasteiger partial charge < -0.3 is 15.7 Å². The zero-order chi connectivity index (χ0) is 13.7. The molecule has 0 amide bonds. The van der Waals surface area contributed by atoms with Crippen LogP contribution in [0.15, 0.2) is 28.3 Å². The van der Waals surface area contributed by atoms with E-state index in [4.69, 9.17) is 15.7 Å². The van der Waals surface area contributed by atoms with Gasteiger partial charge in [-0.3, -0.25) is 0 Å². The van der Waals surface area contributed by atoms with Crippen LogP contribution in [0, 0.1) is 5.92 Å². The summed E-state index contributed by atoms with van der Waals surface area (Å²) in [6, 6.07) is 5.76. The predicted octanol–water partition coefficient (Wildman–Crippen LogP) is 3.07. The lowest BCUT2D eigenvalue weighted by atomic mass is 10.1. The van der Waals surface area contributed by atoms with Crippen molar-refractivity contribution in [2.45, 2.75) is 30.6 Å². The third-order valence-electron chi connectivity index (χ3n) is 3.52. The highest BCUT2D eigenvalue weighted by Crippen LogP contribution is 2.31. The van der Waals surface area contributed by atoms with Crippen LogP contribution in [0.5, 0.6) is 5.75 Å². The summed E-state index contributed by atoms with van der Waals surface area (Å²) < 4.78 is 5.90. The Balaban J connectivity index is 2.18. The molecule has 104 valence electrons. The molecule has 0 aromatic heterocycles. The zero-order valence-electron chi connectivity index (χ0n) is 11.1. The normalized spacial score (nSPS) is 16.8. The van der Waals surface area contributed by atoms with Crippen LogP contribution in [-0.2, 0) is 0 Å². The molecule has 0 aliphatic heterocycles. The van der Waals surface area contributed by atoms with Gasteiger partial charge in [0.1, 0.15) is 5.75 Å². The van der Waals surface area contributed by atoms with Gasteiger partial charge >= 0.3 is 0 Å². The largest absolute Gasteiger partial charge is 0.492 e. The van der Waals surface area contributed by atoms with Gasteiger partial charge in [-0.05, 0) is 37.1 Å². The fraction of sp³-hybridized carbons (Fsp3) is 0.500. The minimum atomic E-state index is 0.103. The molecule has 2 rings (SSSR count). The summed E-state index contributed by atoms with van der Waals surface area (Å²) >= 11 is 1.56. The number of ether oxygens (including phenoxy) is 1. The van der Waals surface area contributed by atoms with Crippen molar-refractivity contribution in [3.05, 3.63) is 23.8 Å². The van der Waals surface area contributed by atoms with Crippen LogP contribution in [0.3, 0.4) is 0 Å². The van der Waals surface area contributed by atoms with Gasteiger partial charge in [0, 0.05) is 4.90 Å². The highest BCUT2D eigenvalue weighted by Gasteiger charge is 2.18. The molecule has 0 saturated heterocycles. The molecule has 0 heterocycles. The zero-order valence-corrected chi connectivity index (χ0v) is 11.9. The van der Waals surface area contributed by atoms with E-state index in [-0.39, 0.29) is 5.84 Å². The number of benzene rings is 1. The van der Waals surface area contributed by atoms with E-state index in [1.54, 1.807) is 11.8 Å². The molecule has 0 unspecified atom stereocenters. The molecule has 1 aromatic carbocycles. The average molecular weight is 280 g/mol. The summed E-state index contributed by atoms with van der Waals surface area (Å²) in [7, 11) is 0. The quantitative estimate of drug-likeness (QED) is 0.286. The van der Waals surface area contributed by atoms with Gasteiger partial charge in [-0.1, -0.05) is 24.1 Å². The van der Waals surface area contributed by atoms with E-state index in [1.807, 2.05) is 24.5 Å². The van der Waals surface area contributed by atoms with E-state index < -0.39 is 0 Å². The first-order valence-electron chi connectivity index (χ1n) is 6.54. The maximum absolute atomic E-state index is 8.91. The monoisotopic (exact) mass is 280 g/mol. The molecule has 19 heavy (non-hydrogen) atoms. The van der Waals surface area contributed by atoms with E-state index in [2.05, 4.69) is 5.16 Å². The highest BCUT2D eigenvalue weighted by molar-refractivity contribution is 7.98. The molecule has 0 bridgehead atoms.